The first-order valence-corrected chi connectivity index (χ1v) is 7.36. The Morgan fingerprint density at radius 2 is 1.94 bits per heavy atom. The predicted molar refractivity (Wildman–Crippen MR) is 74.8 cm³/mol. The van der Waals surface area contributed by atoms with Crippen LogP contribution < -0.4 is 16.2 Å². The summed E-state index contributed by atoms with van der Waals surface area (Å²) in [4.78, 5) is -0.0391. The molecule has 0 fully saturated rings. The second kappa shape index (κ2) is 5.16. The molecule has 0 aliphatic heterocycles. The first-order chi connectivity index (χ1) is 8.15. The van der Waals surface area contributed by atoms with Crippen molar-refractivity contribution in [2.45, 2.75) is 32.1 Å². The summed E-state index contributed by atoms with van der Waals surface area (Å²) < 4.78 is 22.4. The third-order valence-corrected chi connectivity index (χ3v) is 4.03. The molecular weight excluding hydrogens is 250 g/mol. The predicted octanol–water partition coefficient (Wildman–Crippen LogP) is 1.76. The number of benzene rings is 1. The molecular formula is C12H21N3O2S. The van der Waals surface area contributed by atoms with Gasteiger partial charge in [-0.05, 0) is 30.0 Å². The minimum absolute atomic E-state index is 0.0391. The Kier molecular flexibility index (Phi) is 4.24. The first-order valence-electron chi connectivity index (χ1n) is 5.82. The number of nitrogen functional groups attached to an aromatic ring is 1. The summed E-state index contributed by atoms with van der Waals surface area (Å²) in [6.45, 7) is 7.22. The minimum atomic E-state index is -3.75. The Bertz CT molecular complexity index is 524. The van der Waals surface area contributed by atoms with Crippen molar-refractivity contribution in [1.82, 2.24) is 0 Å². The van der Waals surface area contributed by atoms with Crippen LogP contribution in [-0.2, 0) is 10.0 Å². The molecule has 0 bridgehead atoms. The number of hydrogen-bond acceptors (Lipinski definition) is 4. The second-order valence-corrected chi connectivity index (χ2v) is 6.70. The first kappa shape index (κ1) is 14.8. The van der Waals surface area contributed by atoms with Gasteiger partial charge in [-0.1, -0.05) is 20.8 Å². The van der Waals surface area contributed by atoms with Crippen LogP contribution in [0.25, 0.3) is 0 Å². The van der Waals surface area contributed by atoms with Crippen LogP contribution in [0.3, 0.4) is 0 Å². The SMILES string of the molecule is CCC(C)(C)CNc1ccc(S(N)(=O)=O)c(N)c1. The van der Waals surface area contributed by atoms with E-state index < -0.39 is 10.0 Å². The number of sulfonamides is 1. The van der Waals surface area contributed by atoms with Gasteiger partial charge in [0.05, 0.1) is 5.69 Å². The second-order valence-electron chi connectivity index (χ2n) is 5.17. The van der Waals surface area contributed by atoms with Gasteiger partial charge in [0.15, 0.2) is 0 Å². The van der Waals surface area contributed by atoms with E-state index >= 15 is 0 Å². The van der Waals surface area contributed by atoms with Crippen LogP contribution in [0.4, 0.5) is 11.4 Å². The van der Waals surface area contributed by atoms with Gasteiger partial charge in [0.25, 0.3) is 0 Å². The summed E-state index contributed by atoms with van der Waals surface area (Å²) in [5, 5.41) is 8.28. The lowest BCUT2D eigenvalue weighted by atomic mass is 9.90. The highest BCUT2D eigenvalue weighted by molar-refractivity contribution is 7.89. The van der Waals surface area contributed by atoms with Gasteiger partial charge >= 0.3 is 0 Å². The average Bonchev–Trinajstić information content (AvgIpc) is 2.25. The van der Waals surface area contributed by atoms with Crippen LogP contribution in [-0.4, -0.2) is 15.0 Å². The fourth-order valence-corrected chi connectivity index (χ4v) is 2.03. The van der Waals surface area contributed by atoms with Gasteiger partial charge in [0.2, 0.25) is 10.0 Å². The highest BCUT2D eigenvalue weighted by atomic mass is 32.2. The zero-order chi connectivity index (χ0) is 14.0. The van der Waals surface area contributed by atoms with E-state index in [2.05, 4.69) is 26.1 Å². The van der Waals surface area contributed by atoms with Crippen LogP contribution in [0, 0.1) is 5.41 Å². The van der Waals surface area contributed by atoms with E-state index in [0.717, 1.165) is 18.7 Å². The van der Waals surface area contributed by atoms with Gasteiger partial charge in [-0.25, -0.2) is 13.6 Å². The molecule has 0 radical (unpaired) electrons. The Morgan fingerprint density at radius 1 is 1.33 bits per heavy atom. The number of primary sulfonamides is 1. The summed E-state index contributed by atoms with van der Waals surface area (Å²) >= 11 is 0. The third-order valence-electron chi connectivity index (χ3n) is 3.04. The Labute approximate surface area is 109 Å². The van der Waals surface area contributed by atoms with Gasteiger partial charge in [0, 0.05) is 12.2 Å². The van der Waals surface area contributed by atoms with Crippen molar-refractivity contribution in [2.24, 2.45) is 10.6 Å². The lowest BCUT2D eigenvalue weighted by molar-refractivity contribution is 0.377. The maximum absolute atomic E-state index is 11.2. The van der Waals surface area contributed by atoms with E-state index in [4.69, 9.17) is 10.9 Å². The van der Waals surface area contributed by atoms with E-state index in [1.807, 2.05) is 0 Å². The van der Waals surface area contributed by atoms with Crippen molar-refractivity contribution < 1.29 is 8.42 Å². The van der Waals surface area contributed by atoms with Crippen molar-refractivity contribution in [1.29, 1.82) is 0 Å². The van der Waals surface area contributed by atoms with Gasteiger partial charge in [0.1, 0.15) is 4.90 Å². The molecule has 5 nitrogen and oxygen atoms in total. The molecule has 0 aromatic heterocycles. The molecule has 0 unspecified atom stereocenters. The van der Waals surface area contributed by atoms with Gasteiger partial charge < -0.3 is 11.1 Å². The van der Waals surface area contributed by atoms with Gasteiger partial charge in [-0.2, -0.15) is 0 Å². The fourth-order valence-electron chi connectivity index (χ4n) is 1.38. The van der Waals surface area contributed by atoms with Crippen LogP contribution in [0.2, 0.25) is 0 Å². The van der Waals surface area contributed by atoms with Crippen molar-refractivity contribution in [3.63, 3.8) is 0 Å². The van der Waals surface area contributed by atoms with E-state index in [9.17, 15) is 8.42 Å². The zero-order valence-electron chi connectivity index (χ0n) is 11.0. The summed E-state index contributed by atoms with van der Waals surface area (Å²) in [5.74, 6) is 0. The quantitative estimate of drug-likeness (QED) is 0.711. The Balaban J connectivity index is 2.86. The zero-order valence-corrected chi connectivity index (χ0v) is 11.8. The molecule has 0 atom stereocenters. The van der Waals surface area contributed by atoms with Gasteiger partial charge in [-0.15, -0.1) is 0 Å². The largest absolute Gasteiger partial charge is 0.398 e. The molecule has 1 rings (SSSR count). The molecule has 0 aliphatic carbocycles. The third kappa shape index (κ3) is 3.89. The van der Waals surface area contributed by atoms with Crippen molar-refractivity contribution >= 4 is 21.4 Å². The van der Waals surface area contributed by atoms with Gasteiger partial charge in [-0.3, -0.25) is 0 Å². The molecule has 0 spiro atoms. The fraction of sp³-hybridized carbons (Fsp3) is 0.500. The molecule has 0 saturated heterocycles. The number of anilines is 2. The van der Waals surface area contributed by atoms with Crippen molar-refractivity contribution in [3.05, 3.63) is 18.2 Å². The lowest BCUT2D eigenvalue weighted by Gasteiger charge is -2.23. The van der Waals surface area contributed by atoms with E-state index in [1.54, 1.807) is 12.1 Å². The normalized spacial score (nSPS) is 12.4. The summed E-state index contributed by atoms with van der Waals surface area (Å²) in [6, 6.07) is 4.68. The van der Waals surface area contributed by atoms with Crippen LogP contribution >= 0.6 is 0 Å². The Morgan fingerprint density at radius 3 is 2.39 bits per heavy atom. The van der Waals surface area contributed by atoms with E-state index in [0.29, 0.717) is 0 Å². The standard InChI is InChI=1S/C12H21N3O2S/c1-4-12(2,3)8-15-9-5-6-11(10(13)7-9)18(14,16)17/h5-7,15H,4,8,13H2,1-3H3,(H2,14,16,17). The molecule has 1 aromatic rings. The molecule has 0 amide bonds. The lowest BCUT2D eigenvalue weighted by Crippen LogP contribution is -2.22. The molecule has 0 aliphatic rings. The molecule has 6 heteroatoms. The van der Waals surface area contributed by atoms with E-state index in [-0.39, 0.29) is 16.0 Å². The van der Waals surface area contributed by atoms with Crippen molar-refractivity contribution in [2.75, 3.05) is 17.6 Å². The summed E-state index contributed by atoms with van der Waals surface area (Å²) in [6.07, 6.45) is 1.05. The number of rotatable bonds is 5. The molecule has 102 valence electrons. The number of hydrogen-bond donors (Lipinski definition) is 3. The molecule has 18 heavy (non-hydrogen) atoms. The Hall–Kier alpha value is -1.27. The monoisotopic (exact) mass is 271 g/mol. The molecule has 0 saturated carbocycles. The highest BCUT2D eigenvalue weighted by Crippen LogP contribution is 2.24. The topological polar surface area (TPSA) is 98.2 Å². The maximum Gasteiger partial charge on any atom is 0.240 e. The van der Waals surface area contributed by atoms with Crippen LogP contribution in [0.15, 0.2) is 23.1 Å². The van der Waals surface area contributed by atoms with Crippen LogP contribution in [0.1, 0.15) is 27.2 Å². The highest BCUT2D eigenvalue weighted by Gasteiger charge is 2.16. The summed E-state index contributed by atoms with van der Waals surface area (Å²) in [7, 11) is -3.75. The van der Waals surface area contributed by atoms with E-state index in [1.165, 1.54) is 6.07 Å². The summed E-state index contributed by atoms with van der Waals surface area (Å²) in [5.41, 5.74) is 6.81. The smallest absolute Gasteiger partial charge is 0.240 e. The van der Waals surface area contributed by atoms with Crippen LogP contribution in [0.5, 0.6) is 0 Å². The number of nitrogens with two attached hydrogens (primary N) is 2. The molecule has 0 heterocycles. The number of nitrogens with one attached hydrogen (secondary N) is 1. The molecule has 5 N–H and O–H groups in total. The maximum atomic E-state index is 11.2. The minimum Gasteiger partial charge on any atom is -0.398 e. The molecule has 1 aromatic carbocycles. The van der Waals surface area contributed by atoms with Crippen molar-refractivity contribution in [3.8, 4) is 0 Å². The average molecular weight is 271 g/mol.